The first kappa shape index (κ1) is 18.3. The molecule has 4 nitrogen and oxygen atoms in total. The van der Waals surface area contributed by atoms with Crippen molar-refractivity contribution in [3.05, 3.63) is 83.9 Å². The van der Waals surface area contributed by atoms with Gasteiger partial charge in [0.25, 0.3) is 10.0 Å². The van der Waals surface area contributed by atoms with Crippen molar-refractivity contribution >= 4 is 20.9 Å². The van der Waals surface area contributed by atoms with E-state index < -0.39 is 10.0 Å². The molecule has 0 atom stereocenters. The highest BCUT2D eigenvalue weighted by atomic mass is 32.2. The standard InChI is InChI=1S/C23H21NO3S/c1-16-9-12-20(13-10-16)28(25,26)24-22-14-11-19(27-3)15-21(22)17(2)23(24)18-7-5-4-6-8-18/h4-15H,1-3H3. The second kappa shape index (κ2) is 6.84. The molecule has 4 aromatic rings. The second-order valence-corrected chi connectivity index (χ2v) is 8.59. The van der Waals surface area contributed by atoms with Crippen LogP contribution in [0.2, 0.25) is 0 Å². The first-order chi connectivity index (χ1) is 13.4. The lowest BCUT2D eigenvalue weighted by Crippen LogP contribution is -2.14. The Bertz CT molecular complexity index is 1250. The van der Waals surface area contributed by atoms with Gasteiger partial charge in [0.15, 0.2) is 0 Å². The van der Waals surface area contributed by atoms with Gasteiger partial charge in [0.2, 0.25) is 0 Å². The predicted octanol–water partition coefficient (Wildman–Crippen LogP) is 5.17. The lowest BCUT2D eigenvalue weighted by atomic mass is 10.1. The number of rotatable bonds is 4. The molecule has 0 fully saturated rings. The molecule has 0 saturated carbocycles. The molecule has 0 aliphatic rings. The average molecular weight is 391 g/mol. The van der Waals surface area contributed by atoms with Crippen LogP contribution in [0.3, 0.4) is 0 Å². The fourth-order valence-corrected chi connectivity index (χ4v) is 5.11. The molecule has 4 rings (SSSR count). The van der Waals surface area contributed by atoms with E-state index in [1.54, 1.807) is 31.4 Å². The Balaban J connectivity index is 2.10. The summed E-state index contributed by atoms with van der Waals surface area (Å²) in [4.78, 5) is 0.267. The van der Waals surface area contributed by atoms with Gasteiger partial charge in [0.05, 0.1) is 23.2 Å². The Morgan fingerprint density at radius 1 is 0.857 bits per heavy atom. The monoisotopic (exact) mass is 391 g/mol. The Morgan fingerprint density at radius 3 is 2.18 bits per heavy atom. The average Bonchev–Trinajstić information content (AvgIpc) is 3.01. The molecule has 0 amide bonds. The molecule has 28 heavy (non-hydrogen) atoms. The molecule has 3 aromatic carbocycles. The number of ether oxygens (including phenoxy) is 1. The minimum Gasteiger partial charge on any atom is -0.497 e. The van der Waals surface area contributed by atoms with Crippen LogP contribution in [0.15, 0.2) is 77.7 Å². The molecule has 0 N–H and O–H groups in total. The number of aryl methyl sites for hydroxylation is 2. The number of methoxy groups -OCH3 is 1. The van der Waals surface area contributed by atoms with Crippen LogP contribution in [-0.4, -0.2) is 19.5 Å². The van der Waals surface area contributed by atoms with E-state index in [4.69, 9.17) is 4.74 Å². The molecule has 0 spiro atoms. The van der Waals surface area contributed by atoms with Crippen LogP contribution < -0.4 is 4.74 Å². The third-order valence-corrected chi connectivity index (χ3v) is 6.72. The summed E-state index contributed by atoms with van der Waals surface area (Å²) >= 11 is 0. The zero-order valence-corrected chi connectivity index (χ0v) is 16.8. The maximum Gasteiger partial charge on any atom is 0.268 e. The van der Waals surface area contributed by atoms with Gasteiger partial charge in [-0.1, -0.05) is 48.0 Å². The van der Waals surface area contributed by atoms with Crippen LogP contribution in [0.25, 0.3) is 22.2 Å². The maximum atomic E-state index is 13.7. The van der Waals surface area contributed by atoms with Gasteiger partial charge in [-0.25, -0.2) is 12.4 Å². The maximum absolute atomic E-state index is 13.7. The van der Waals surface area contributed by atoms with Crippen molar-refractivity contribution < 1.29 is 13.2 Å². The Kier molecular flexibility index (Phi) is 4.47. The number of hydrogen-bond acceptors (Lipinski definition) is 3. The molecule has 1 aromatic heterocycles. The first-order valence-corrected chi connectivity index (χ1v) is 10.4. The van der Waals surface area contributed by atoms with E-state index in [2.05, 4.69) is 0 Å². The molecular formula is C23H21NO3S. The van der Waals surface area contributed by atoms with E-state index in [1.807, 2.05) is 62.4 Å². The minimum atomic E-state index is -3.78. The third-order valence-electron chi connectivity index (χ3n) is 4.99. The quantitative estimate of drug-likeness (QED) is 0.482. The van der Waals surface area contributed by atoms with Crippen molar-refractivity contribution in [2.24, 2.45) is 0 Å². The first-order valence-electron chi connectivity index (χ1n) is 9.00. The predicted molar refractivity (Wildman–Crippen MR) is 112 cm³/mol. The van der Waals surface area contributed by atoms with E-state index in [0.717, 1.165) is 22.1 Å². The lowest BCUT2D eigenvalue weighted by molar-refractivity contribution is 0.415. The highest BCUT2D eigenvalue weighted by Crippen LogP contribution is 2.37. The van der Waals surface area contributed by atoms with Crippen LogP contribution in [-0.2, 0) is 10.0 Å². The molecular weight excluding hydrogens is 370 g/mol. The molecule has 0 unspecified atom stereocenters. The molecule has 0 saturated heterocycles. The zero-order valence-electron chi connectivity index (χ0n) is 16.0. The number of fused-ring (bicyclic) bond motifs is 1. The van der Waals surface area contributed by atoms with Crippen molar-refractivity contribution in [1.82, 2.24) is 3.97 Å². The molecule has 0 radical (unpaired) electrons. The number of aromatic nitrogens is 1. The largest absolute Gasteiger partial charge is 0.497 e. The van der Waals surface area contributed by atoms with E-state index in [0.29, 0.717) is 17.0 Å². The van der Waals surface area contributed by atoms with Gasteiger partial charge in [-0.2, -0.15) is 0 Å². The number of hydrogen-bond donors (Lipinski definition) is 0. The summed E-state index contributed by atoms with van der Waals surface area (Å²) in [7, 11) is -2.18. The van der Waals surface area contributed by atoms with Gasteiger partial charge in [-0.15, -0.1) is 0 Å². The van der Waals surface area contributed by atoms with Gasteiger partial charge >= 0.3 is 0 Å². The third kappa shape index (κ3) is 2.88. The molecule has 0 bridgehead atoms. The number of nitrogens with zero attached hydrogens (tertiary/aromatic N) is 1. The normalized spacial score (nSPS) is 11.7. The van der Waals surface area contributed by atoms with Crippen molar-refractivity contribution in [3.63, 3.8) is 0 Å². The summed E-state index contributed by atoms with van der Waals surface area (Å²) in [6, 6.07) is 22.0. The summed E-state index contributed by atoms with van der Waals surface area (Å²) in [5.41, 5.74) is 4.07. The van der Waals surface area contributed by atoms with Crippen molar-refractivity contribution in [1.29, 1.82) is 0 Å². The zero-order chi connectivity index (χ0) is 19.9. The van der Waals surface area contributed by atoms with E-state index in [9.17, 15) is 8.42 Å². The van der Waals surface area contributed by atoms with Crippen molar-refractivity contribution in [2.45, 2.75) is 18.7 Å². The van der Waals surface area contributed by atoms with Crippen LogP contribution in [0, 0.1) is 13.8 Å². The molecule has 0 aliphatic carbocycles. The van der Waals surface area contributed by atoms with E-state index in [1.165, 1.54) is 3.97 Å². The topological polar surface area (TPSA) is 48.3 Å². The highest BCUT2D eigenvalue weighted by Gasteiger charge is 2.26. The van der Waals surface area contributed by atoms with Gasteiger partial charge in [-0.05, 0) is 55.3 Å². The smallest absolute Gasteiger partial charge is 0.268 e. The Labute approximate surface area is 165 Å². The van der Waals surface area contributed by atoms with Crippen molar-refractivity contribution in [3.8, 4) is 17.0 Å². The van der Waals surface area contributed by atoms with Gasteiger partial charge < -0.3 is 4.74 Å². The molecule has 1 heterocycles. The fourth-order valence-electron chi connectivity index (χ4n) is 3.51. The molecule has 5 heteroatoms. The van der Waals surface area contributed by atoms with Crippen LogP contribution in [0.4, 0.5) is 0 Å². The lowest BCUT2D eigenvalue weighted by Gasteiger charge is -2.13. The van der Waals surface area contributed by atoms with Crippen LogP contribution in [0.5, 0.6) is 5.75 Å². The summed E-state index contributed by atoms with van der Waals surface area (Å²) in [6.45, 7) is 3.89. The van der Waals surface area contributed by atoms with Gasteiger partial charge in [0, 0.05) is 5.39 Å². The van der Waals surface area contributed by atoms with Crippen LogP contribution >= 0.6 is 0 Å². The molecule has 142 valence electrons. The second-order valence-electron chi connectivity index (χ2n) is 6.81. The van der Waals surface area contributed by atoms with Gasteiger partial charge in [0.1, 0.15) is 5.75 Å². The minimum absolute atomic E-state index is 0.267. The Hall–Kier alpha value is -3.05. The van der Waals surface area contributed by atoms with Crippen molar-refractivity contribution in [2.75, 3.05) is 7.11 Å². The molecule has 0 aliphatic heterocycles. The fraction of sp³-hybridized carbons (Fsp3) is 0.130. The highest BCUT2D eigenvalue weighted by molar-refractivity contribution is 7.90. The van der Waals surface area contributed by atoms with E-state index in [-0.39, 0.29) is 4.90 Å². The van der Waals surface area contributed by atoms with Crippen LogP contribution in [0.1, 0.15) is 11.1 Å². The number of benzene rings is 3. The SMILES string of the molecule is COc1ccc2c(c1)c(C)c(-c1ccccc1)n2S(=O)(=O)c1ccc(C)cc1. The summed E-state index contributed by atoms with van der Waals surface area (Å²) in [6.07, 6.45) is 0. The van der Waals surface area contributed by atoms with Gasteiger partial charge in [-0.3, -0.25) is 0 Å². The van der Waals surface area contributed by atoms with E-state index >= 15 is 0 Å². The summed E-state index contributed by atoms with van der Waals surface area (Å²) in [5.74, 6) is 0.695. The Morgan fingerprint density at radius 2 is 1.54 bits per heavy atom. The summed E-state index contributed by atoms with van der Waals surface area (Å²) < 4.78 is 34.1. The summed E-state index contributed by atoms with van der Waals surface area (Å²) in [5, 5.41) is 0.855.